The first-order chi connectivity index (χ1) is 8.40. The van der Waals surface area contributed by atoms with Gasteiger partial charge in [-0.2, -0.15) is 16.9 Å². The van der Waals surface area contributed by atoms with Crippen LogP contribution in [0, 0.1) is 6.92 Å². The molecule has 0 aliphatic heterocycles. The summed E-state index contributed by atoms with van der Waals surface area (Å²) in [6.45, 7) is 4.15. The van der Waals surface area contributed by atoms with Gasteiger partial charge in [0.25, 0.3) is 0 Å². The fourth-order valence-electron chi connectivity index (χ4n) is 2.03. The monoisotopic (exact) mass is 286 g/mol. The molecule has 1 rings (SSSR count). The van der Waals surface area contributed by atoms with Crippen molar-refractivity contribution in [3.63, 3.8) is 0 Å². The second-order valence-corrected chi connectivity index (χ2v) is 5.94. The van der Waals surface area contributed by atoms with Crippen LogP contribution in [-0.4, -0.2) is 39.9 Å². The van der Waals surface area contributed by atoms with Gasteiger partial charge in [-0.15, -0.1) is 0 Å². The number of hydrogen-bond donors (Lipinski definition) is 1. The van der Waals surface area contributed by atoms with Gasteiger partial charge in [-0.1, -0.05) is 12.2 Å². The van der Waals surface area contributed by atoms with E-state index in [1.807, 2.05) is 30.4 Å². The minimum absolute atomic E-state index is 0.416. The number of aromatic nitrogens is 2. The van der Waals surface area contributed by atoms with Gasteiger partial charge in [0, 0.05) is 20.1 Å². The molecule has 1 unspecified atom stereocenters. The minimum atomic E-state index is 0.416. The highest BCUT2D eigenvalue weighted by atomic mass is 32.2. The lowest BCUT2D eigenvalue weighted by molar-refractivity contribution is 0.633. The molecule has 0 fully saturated rings. The van der Waals surface area contributed by atoms with Gasteiger partial charge in [0.1, 0.15) is 10.8 Å². The Morgan fingerprint density at radius 2 is 2.22 bits per heavy atom. The predicted octanol–water partition coefficient (Wildman–Crippen LogP) is 1.94. The molecule has 18 heavy (non-hydrogen) atoms. The zero-order chi connectivity index (χ0) is 13.9. The van der Waals surface area contributed by atoms with E-state index in [1.54, 1.807) is 0 Å². The van der Waals surface area contributed by atoms with Crippen molar-refractivity contribution >= 4 is 34.8 Å². The molecule has 0 radical (unpaired) electrons. The molecule has 1 heterocycles. The molecule has 0 bridgehead atoms. The summed E-state index contributed by atoms with van der Waals surface area (Å²) < 4.78 is 1.86. The van der Waals surface area contributed by atoms with Crippen molar-refractivity contribution in [3.05, 3.63) is 11.3 Å². The number of rotatable bonds is 6. The van der Waals surface area contributed by atoms with Crippen molar-refractivity contribution in [2.24, 2.45) is 12.8 Å². The van der Waals surface area contributed by atoms with E-state index in [4.69, 9.17) is 18.0 Å². The van der Waals surface area contributed by atoms with E-state index in [2.05, 4.69) is 30.2 Å². The third-order valence-electron chi connectivity index (χ3n) is 3.17. The molecule has 0 saturated carbocycles. The lowest BCUT2D eigenvalue weighted by atomic mass is 10.2. The zero-order valence-corrected chi connectivity index (χ0v) is 13.4. The number of thioether (sulfide) groups is 1. The Bertz CT molecular complexity index is 428. The molecule has 0 saturated heterocycles. The summed E-state index contributed by atoms with van der Waals surface area (Å²) in [6, 6.07) is 0.431. The van der Waals surface area contributed by atoms with Gasteiger partial charge >= 0.3 is 0 Å². The highest BCUT2D eigenvalue weighted by Gasteiger charge is 2.21. The van der Waals surface area contributed by atoms with Crippen LogP contribution in [0.25, 0.3) is 0 Å². The number of thiocarbonyl (C=S) groups is 1. The molecule has 0 amide bonds. The smallest absolute Gasteiger partial charge is 0.137 e. The van der Waals surface area contributed by atoms with Crippen LogP contribution in [0.5, 0.6) is 0 Å². The summed E-state index contributed by atoms with van der Waals surface area (Å²) in [5.74, 6) is 2.15. The van der Waals surface area contributed by atoms with Crippen LogP contribution in [0.4, 0.5) is 5.82 Å². The summed E-state index contributed by atoms with van der Waals surface area (Å²) in [7, 11) is 4.01. The van der Waals surface area contributed by atoms with E-state index in [9.17, 15) is 0 Å². The van der Waals surface area contributed by atoms with Crippen molar-refractivity contribution < 1.29 is 0 Å². The van der Waals surface area contributed by atoms with Gasteiger partial charge in [-0.05, 0) is 32.3 Å². The van der Waals surface area contributed by atoms with E-state index in [-0.39, 0.29) is 0 Å². The van der Waals surface area contributed by atoms with E-state index in [1.165, 1.54) is 0 Å². The van der Waals surface area contributed by atoms with E-state index in [0.29, 0.717) is 11.0 Å². The summed E-state index contributed by atoms with van der Waals surface area (Å²) in [5.41, 5.74) is 7.60. The number of aryl methyl sites for hydroxylation is 2. The Hall–Kier alpha value is -0.750. The zero-order valence-electron chi connectivity index (χ0n) is 11.7. The molecule has 0 aliphatic carbocycles. The Labute approximate surface area is 119 Å². The van der Waals surface area contributed by atoms with Crippen LogP contribution >= 0.6 is 24.0 Å². The maximum absolute atomic E-state index is 5.81. The molecule has 0 aliphatic rings. The Morgan fingerprint density at radius 1 is 1.61 bits per heavy atom. The average Bonchev–Trinajstić information content (AvgIpc) is 2.60. The predicted molar refractivity (Wildman–Crippen MR) is 84.7 cm³/mol. The van der Waals surface area contributed by atoms with Gasteiger partial charge in [0.15, 0.2) is 0 Å². The first-order valence-corrected chi connectivity index (χ1v) is 7.75. The molecule has 4 nitrogen and oxygen atoms in total. The highest BCUT2D eigenvalue weighted by Crippen LogP contribution is 2.24. The number of anilines is 1. The molecule has 102 valence electrons. The fourth-order valence-corrected chi connectivity index (χ4v) is 2.85. The van der Waals surface area contributed by atoms with Crippen LogP contribution < -0.4 is 10.6 Å². The van der Waals surface area contributed by atoms with Crippen LogP contribution in [0.2, 0.25) is 0 Å². The molecule has 1 atom stereocenters. The quantitative estimate of drug-likeness (QED) is 0.810. The van der Waals surface area contributed by atoms with Crippen molar-refractivity contribution in [2.75, 3.05) is 24.0 Å². The van der Waals surface area contributed by atoms with Gasteiger partial charge in [-0.3, -0.25) is 4.68 Å². The number of nitrogens with zero attached hydrogens (tertiary/aromatic N) is 3. The summed E-state index contributed by atoms with van der Waals surface area (Å²) in [6.07, 6.45) is 3.25. The summed E-state index contributed by atoms with van der Waals surface area (Å²) in [5, 5.41) is 4.42. The largest absolute Gasteiger partial charge is 0.389 e. The van der Waals surface area contributed by atoms with Gasteiger partial charge < -0.3 is 10.6 Å². The first-order valence-electron chi connectivity index (χ1n) is 5.95. The second kappa shape index (κ2) is 6.43. The second-order valence-electron chi connectivity index (χ2n) is 4.51. The van der Waals surface area contributed by atoms with Crippen molar-refractivity contribution in [1.82, 2.24) is 9.78 Å². The number of nitrogens with two attached hydrogens (primary N) is 1. The molecule has 1 aromatic heterocycles. The lowest BCUT2D eigenvalue weighted by Gasteiger charge is -2.27. The van der Waals surface area contributed by atoms with Gasteiger partial charge in [0.2, 0.25) is 0 Å². The topological polar surface area (TPSA) is 47.1 Å². The summed E-state index contributed by atoms with van der Waals surface area (Å²) in [4.78, 5) is 2.63. The van der Waals surface area contributed by atoms with Crippen LogP contribution in [0.15, 0.2) is 0 Å². The van der Waals surface area contributed by atoms with Gasteiger partial charge in [-0.25, -0.2) is 0 Å². The fraction of sp³-hybridized carbons (Fsp3) is 0.667. The SMILES string of the molecule is CSCCC(C)N(C)c1c(C(N)=S)c(C)nn1C. The maximum atomic E-state index is 5.81. The minimum Gasteiger partial charge on any atom is -0.389 e. The normalized spacial score (nSPS) is 12.5. The molecule has 2 N–H and O–H groups in total. The molecule has 0 aromatic carbocycles. The molecular weight excluding hydrogens is 264 g/mol. The van der Waals surface area contributed by atoms with Crippen LogP contribution in [0.1, 0.15) is 24.6 Å². The Kier molecular flexibility index (Phi) is 5.47. The third kappa shape index (κ3) is 3.17. The van der Waals surface area contributed by atoms with Crippen LogP contribution in [-0.2, 0) is 7.05 Å². The van der Waals surface area contributed by atoms with Crippen LogP contribution in [0.3, 0.4) is 0 Å². The third-order valence-corrected chi connectivity index (χ3v) is 4.02. The first kappa shape index (κ1) is 15.3. The Morgan fingerprint density at radius 3 is 2.72 bits per heavy atom. The van der Waals surface area contributed by atoms with Gasteiger partial charge in [0.05, 0.1) is 11.3 Å². The number of hydrogen-bond acceptors (Lipinski definition) is 4. The maximum Gasteiger partial charge on any atom is 0.137 e. The highest BCUT2D eigenvalue weighted by molar-refractivity contribution is 7.98. The molecule has 6 heteroatoms. The Balaban J connectivity index is 3.04. The lowest BCUT2D eigenvalue weighted by Crippen LogP contribution is -2.32. The van der Waals surface area contributed by atoms with Crippen molar-refractivity contribution in [3.8, 4) is 0 Å². The van der Waals surface area contributed by atoms with Crippen molar-refractivity contribution in [1.29, 1.82) is 0 Å². The van der Waals surface area contributed by atoms with Crippen molar-refractivity contribution in [2.45, 2.75) is 26.3 Å². The molecule has 1 aromatic rings. The average molecular weight is 286 g/mol. The molecule has 0 spiro atoms. The van der Waals surface area contributed by atoms with E-state index in [0.717, 1.165) is 29.2 Å². The standard InChI is InChI=1S/C12H22N4S2/c1-8(6-7-18-5)15(3)12-10(11(13)17)9(2)14-16(12)4/h8H,6-7H2,1-5H3,(H2,13,17). The van der Waals surface area contributed by atoms with E-state index >= 15 is 0 Å². The van der Waals surface area contributed by atoms with E-state index < -0.39 is 0 Å². The summed E-state index contributed by atoms with van der Waals surface area (Å²) >= 11 is 7.00. The molecular formula is C12H22N4S2.